The standard InChI is InChI=1S/C25H38O7/c1-16(13-20(15-27)10-11-26)6-8-22(28)30-21-7-9-23(29)31-24(21)18(3)12-17(2)14-25(5)19(4)32-25/h6-9,13,17-21,24,26-27H,10-12,14-15H2,1-5H3/b8-6+,16-13+/t17-,18+,19+,20+,21-,24-,25+/m1/s1. The number of esters is 2. The van der Waals surface area contributed by atoms with Gasteiger partial charge in [-0.05, 0) is 57.9 Å². The normalized spacial score (nSPS) is 30.7. The number of carbonyl (C=O) groups excluding carboxylic acids is 2. The van der Waals surface area contributed by atoms with Crippen molar-refractivity contribution in [3.8, 4) is 0 Å². The monoisotopic (exact) mass is 450 g/mol. The summed E-state index contributed by atoms with van der Waals surface area (Å²) in [5.41, 5.74) is 0.708. The van der Waals surface area contributed by atoms with E-state index in [1.165, 1.54) is 12.2 Å². The number of allylic oxidation sites excluding steroid dienone is 2. The van der Waals surface area contributed by atoms with E-state index in [1.807, 2.05) is 13.8 Å². The second kappa shape index (κ2) is 11.8. The van der Waals surface area contributed by atoms with Crippen molar-refractivity contribution in [2.45, 2.75) is 77.8 Å². The van der Waals surface area contributed by atoms with E-state index in [0.717, 1.165) is 18.4 Å². The van der Waals surface area contributed by atoms with Gasteiger partial charge >= 0.3 is 11.9 Å². The molecule has 0 saturated carbocycles. The summed E-state index contributed by atoms with van der Waals surface area (Å²) in [6, 6.07) is 0. The van der Waals surface area contributed by atoms with E-state index in [9.17, 15) is 14.7 Å². The number of ether oxygens (including phenoxy) is 3. The molecule has 0 bridgehead atoms. The molecule has 0 aromatic rings. The number of hydrogen-bond acceptors (Lipinski definition) is 7. The highest BCUT2D eigenvalue weighted by molar-refractivity contribution is 5.85. The molecule has 0 unspecified atom stereocenters. The highest BCUT2D eigenvalue weighted by atomic mass is 16.6. The molecule has 2 rings (SSSR count). The number of epoxide rings is 1. The van der Waals surface area contributed by atoms with Crippen molar-refractivity contribution in [1.29, 1.82) is 0 Å². The Bertz CT molecular complexity index is 741. The van der Waals surface area contributed by atoms with Crippen molar-refractivity contribution in [3.05, 3.63) is 36.0 Å². The molecule has 7 atom stereocenters. The predicted molar refractivity (Wildman–Crippen MR) is 121 cm³/mol. The molecule has 2 N–H and O–H groups in total. The number of cyclic esters (lactones) is 1. The molecule has 0 spiro atoms. The quantitative estimate of drug-likeness (QED) is 0.204. The molecule has 0 amide bonds. The fourth-order valence-electron chi connectivity index (χ4n) is 4.39. The summed E-state index contributed by atoms with van der Waals surface area (Å²) in [5.74, 6) is -0.761. The molecule has 32 heavy (non-hydrogen) atoms. The maximum atomic E-state index is 12.4. The number of aliphatic hydroxyl groups excluding tert-OH is 2. The summed E-state index contributed by atoms with van der Waals surface area (Å²) in [4.78, 5) is 24.2. The van der Waals surface area contributed by atoms with Crippen molar-refractivity contribution in [2.24, 2.45) is 17.8 Å². The first-order valence-electron chi connectivity index (χ1n) is 11.4. The Morgan fingerprint density at radius 2 is 2.00 bits per heavy atom. The largest absolute Gasteiger partial charge is 0.455 e. The van der Waals surface area contributed by atoms with Crippen LogP contribution in [0.15, 0.2) is 36.0 Å². The van der Waals surface area contributed by atoms with Crippen LogP contribution in [0.3, 0.4) is 0 Å². The van der Waals surface area contributed by atoms with Crippen LogP contribution < -0.4 is 0 Å². The van der Waals surface area contributed by atoms with Crippen molar-refractivity contribution in [1.82, 2.24) is 0 Å². The Labute approximate surface area is 191 Å². The Morgan fingerprint density at radius 1 is 1.31 bits per heavy atom. The number of hydrogen-bond donors (Lipinski definition) is 2. The zero-order valence-electron chi connectivity index (χ0n) is 19.8. The third-order valence-electron chi connectivity index (χ3n) is 6.30. The first-order chi connectivity index (χ1) is 15.1. The lowest BCUT2D eigenvalue weighted by Gasteiger charge is -2.32. The summed E-state index contributed by atoms with van der Waals surface area (Å²) in [5, 5.41) is 18.3. The van der Waals surface area contributed by atoms with E-state index in [-0.39, 0.29) is 36.8 Å². The van der Waals surface area contributed by atoms with Crippen LogP contribution in [0.1, 0.15) is 53.9 Å². The average Bonchev–Trinajstić information content (AvgIpc) is 3.31. The van der Waals surface area contributed by atoms with Crippen LogP contribution in [-0.2, 0) is 23.8 Å². The van der Waals surface area contributed by atoms with Gasteiger partial charge in [0.05, 0.1) is 11.7 Å². The number of aliphatic hydroxyl groups is 2. The lowest BCUT2D eigenvalue weighted by Crippen LogP contribution is -2.41. The maximum Gasteiger partial charge on any atom is 0.331 e. The van der Waals surface area contributed by atoms with Gasteiger partial charge in [-0.3, -0.25) is 0 Å². The first-order valence-corrected chi connectivity index (χ1v) is 11.4. The number of rotatable bonds is 12. The van der Waals surface area contributed by atoms with Crippen molar-refractivity contribution in [3.63, 3.8) is 0 Å². The molecule has 0 aromatic heterocycles. The van der Waals surface area contributed by atoms with E-state index in [2.05, 4.69) is 20.8 Å². The van der Waals surface area contributed by atoms with Crippen LogP contribution in [-0.4, -0.2) is 59.3 Å². The van der Waals surface area contributed by atoms with Gasteiger partial charge < -0.3 is 24.4 Å². The van der Waals surface area contributed by atoms with Crippen molar-refractivity contribution >= 4 is 11.9 Å². The molecule has 1 saturated heterocycles. The second-order valence-corrected chi connectivity index (χ2v) is 9.46. The molecular formula is C25H38O7. The molecule has 2 heterocycles. The molecule has 180 valence electrons. The summed E-state index contributed by atoms with van der Waals surface area (Å²) in [6.07, 6.45) is 8.88. The zero-order chi connectivity index (χ0) is 23.9. The van der Waals surface area contributed by atoms with Crippen molar-refractivity contribution in [2.75, 3.05) is 13.2 Å². The van der Waals surface area contributed by atoms with E-state index in [4.69, 9.17) is 19.3 Å². The van der Waals surface area contributed by atoms with Gasteiger partial charge in [0.25, 0.3) is 0 Å². The molecule has 2 aliphatic heterocycles. The molecule has 0 radical (unpaired) electrons. The van der Waals surface area contributed by atoms with Gasteiger partial charge in [-0.25, -0.2) is 9.59 Å². The lowest BCUT2D eigenvalue weighted by atomic mass is 9.84. The maximum absolute atomic E-state index is 12.4. The molecular weight excluding hydrogens is 412 g/mol. The van der Waals surface area contributed by atoms with Gasteiger partial charge in [0.15, 0.2) is 6.10 Å². The van der Waals surface area contributed by atoms with Gasteiger partial charge in [-0.15, -0.1) is 0 Å². The summed E-state index contributed by atoms with van der Waals surface area (Å²) in [6.45, 7) is 10.1. The topological polar surface area (TPSA) is 106 Å². The van der Waals surface area contributed by atoms with E-state index in [1.54, 1.807) is 18.2 Å². The highest BCUT2D eigenvalue weighted by Crippen LogP contribution is 2.42. The smallest absolute Gasteiger partial charge is 0.331 e. The summed E-state index contributed by atoms with van der Waals surface area (Å²) in [7, 11) is 0. The van der Waals surface area contributed by atoms with Gasteiger partial charge in [0, 0.05) is 31.3 Å². The minimum Gasteiger partial charge on any atom is -0.455 e. The minimum absolute atomic E-state index is 0.00348. The van der Waals surface area contributed by atoms with E-state index < -0.39 is 24.1 Å². The van der Waals surface area contributed by atoms with Gasteiger partial charge in [0.1, 0.15) is 6.10 Å². The molecule has 7 heteroatoms. The van der Waals surface area contributed by atoms with Crippen LogP contribution in [0.4, 0.5) is 0 Å². The predicted octanol–water partition coefficient (Wildman–Crippen LogP) is 3.10. The fraction of sp³-hybridized carbons (Fsp3) is 0.680. The van der Waals surface area contributed by atoms with Crippen LogP contribution in [0.25, 0.3) is 0 Å². The third-order valence-corrected chi connectivity index (χ3v) is 6.30. The Kier molecular flexibility index (Phi) is 9.67. The SMILES string of the molecule is CC(/C=C/C(=O)O[C@@H]1C=CC(=O)O[C@@H]1[C@@H](C)C[C@@H](C)C[C@]1(C)O[C@H]1C)=C\[C@@H](CO)CCO. The summed E-state index contributed by atoms with van der Waals surface area (Å²) < 4.78 is 16.8. The number of carbonyl (C=O) groups is 2. The van der Waals surface area contributed by atoms with Crippen LogP contribution >= 0.6 is 0 Å². The molecule has 0 aromatic carbocycles. The molecule has 2 aliphatic rings. The van der Waals surface area contributed by atoms with Gasteiger partial charge in [0.2, 0.25) is 0 Å². The second-order valence-electron chi connectivity index (χ2n) is 9.46. The molecule has 0 aliphatic carbocycles. The van der Waals surface area contributed by atoms with Gasteiger partial charge in [-0.1, -0.05) is 31.6 Å². The zero-order valence-corrected chi connectivity index (χ0v) is 19.8. The third kappa shape index (κ3) is 7.87. The van der Waals surface area contributed by atoms with Gasteiger partial charge in [-0.2, -0.15) is 0 Å². The first kappa shape index (κ1) is 26.3. The molecule has 7 nitrogen and oxygen atoms in total. The Balaban J connectivity index is 1.95. The van der Waals surface area contributed by atoms with E-state index >= 15 is 0 Å². The van der Waals surface area contributed by atoms with Crippen LogP contribution in [0.2, 0.25) is 0 Å². The fourth-order valence-corrected chi connectivity index (χ4v) is 4.39. The highest BCUT2D eigenvalue weighted by Gasteiger charge is 2.49. The average molecular weight is 451 g/mol. The van der Waals surface area contributed by atoms with Crippen LogP contribution in [0.5, 0.6) is 0 Å². The summed E-state index contributed by atoms with van der Waals surface area (Å²) >= 11 is 0. The van der Waals surface area contributed by atoms with Crippen molar-refractivity contribution < 1.29 is 34.0 Å². The van der Waals surface area contributed by atoms with E-state index in [0.29, 0.717) is 12.3 Å². The Morgan fingerprint density at radius 3 is 2.59 bits per heavy atom. The Hall–Kier alpha value is -1.96. The van der Waals surface area contributed by atoms with Crippen LogP contribution in [0, 0.1) is 17.8 Å². The lowest BCUT2D eigenvalue weighted by molar-refractivity contribution is -0.164. The molecule has 1 fully saturated rings. The minimum atomic E-state index is -0.650.